The summed E-state index contributed by atoms with van der Waals surface area (Å²) >= 11 is 0. The molecule has 7 heteroatoms. The first-order valence-corrected chi connectivity index (χ1v) is 14.8. The van der Waals surface area contributed by atoms with E-state index in [0.29, 0.717) is 0 Å². The van der Waals surface area contributed by atoms with Gasteiger partial charge in [-0.25, -0.2) is 0 Å². The van der Waals surface area contributed by atoms with E-state index >= 15 is 0 Å². The molecule has 0 atom stereocenters. The van der Waals surface area contributed by atoms with Crippen LogP contribution in [0.5, 0.6) is 0 Å². The van der Waals surface area contributed by atoms with Crippen LogP contribution in [0.2, 0.25) is 0 Å². The van der Waals surface area contributed by atoms with Crippen LogP contribution >= 0.6 is 0 Å². The van der Waals surface area contributed by atoms with Crippen molar-refractivity contribution in [3.8, 4) is 11.3 Å². The number of hydrogen-bond donors (Lipinski definition) is 3. The molecule has 0 radical (unpaired) electrons. The molecule has 0 aromatic carbocycles. The molecule has 1 saturated carbocycles. The summed E-state index contributed by atoms with van der Waals surface area (Å²) in [6, 6.07) is 8.08. The second kappa shape index (κ2) is 12.4. The Labute approximate surface area is 247 Å². The summed E-state index contributed by atoms with van der Waals surface area (Å²) in [7, 11) is 0. The Morgan fingerprint density at radius 3 is 2.74 bits per heavy atom. The summed E-state index contributed by atoms with van der Waals surface area (Å²) in [6.45, 7) is 10.7. The number of H-pyrrole nitrogens is 1. The van der Waals surface area contributed by atoms with Gasteiger partial charge in [-0.3, -0.25) is 20.1 Å². The topological polar surface area (TPSA) is 91.4 Å². The molecule has 4 aromatic heterocycles. The van der Waals surface area contributed by atoms with Crippen molar-refractivity contribution in [2.24, 2.45) is 5.92 Å². The largest absolute Gasteiger partial charge is 0.358 e. The van der Waals surface area contributed by atoms with Gasteiger partial charge in [0.05, 0.1) is 28.6 Å². The zero-order chi connectivity index (χ0) is 28.9. The molecular weight excluding hydrogens is 518 g/mol. The highest BCUT2D eigenvalue weighted by molar-refractivity contribution is 5.90. The van der Waals surface area contributed by atoms with Gasteiger partial charge in [-0.05, 0) is 61.6 Å². The van der Waals surface area contributed by atoms with Crippen LogP contribution in [-0.4, -0.2) is 25.1 Å². The van der Waals surface area contributed by atoms with Gasteiger partial charge in [-0.2, -0.15) is 5.10 Å². The van der Waals surface area contributed by atoms with Crippen molar-refractivity contribution in [2.45, 2.75) is 51.9 Å². The second-order valence-electron chi connectivity index (χ2n) is 11.1. The van der Waals surface area contributed by atoms with Gasteiger partial charge >= 0.3 is 0 Å². The first-order chi connectivity index (χ1) is 20.6. The van der Waals surface area contributed by atoms with Crippen LogP contribution in [0.3, 0.4) is 0 Å². The summed E-state index contributed by atoms with van der Waals surface area (Å²) in [6.07, 6.45) is 23.8. The van der Waals surface area contributed by atoms with Crippen molar-refractivity contribution in [1.29, 1.82) is 0 Å². The SMILES string of the molecule is C=C(CC1CCCCC1)Nc1cncc(C(=C)/C=c2/c(C3=CCc4c(ccnc4-c4cccnc4)N3)n[nH]/c2=C/C)c1. The molecule has 1 fully saturated rings. The number of fused-ring (bicyclic) bond motifs is 1. The number of nitrogens with zero attached hydrogens (tertiary/aromatic N) is 4. The van der Waals surface area contributed by atoms with E-state index in [1.165, 1.54) is 32.1 Å². The summed E-state index contributed by atoms with van der Waals surface area (Å²) in [4.78, 5) is 13.4. The van der Waals surface area contributed by atoms with Crippen LogP contribution in [0.1, 0.15) is 62.3 Å². The van der Waals surface area contributed by atoms with Gasteiger partial charge in [0.2, 0.25) is 0 Å². The summed E-state index contributed by atoms with van der Waals surface area (Å²) < 4.78 is 0. The molecule has 0 amide bonds. The maximum absolute atomic E-state index is 4.70. The van der Waals surface area contributed by atoms with Gasteiger partial charge in [0, 0.05) is 58.1 Å². The smallest absolute Gasteiger partial charge is 0.116 e. The minimum Gasteiger partial charge on any atom is -0.358 e. The van der Waals surface area contributed by atoms with E-state index in [0.717, 1.165) is 85.7 Å². The number of aromatic nitrogens is 5. The van der Waals surface area contributed by atoms with E-state index in [1.807, 2.05) is 56.0 Å². The Bertz CT molecular complexity index is 1760. The Morgan fingerprint density at radius 1 is 1.05 bits per heavy atom. The number of hydrogen-bond acceptors (Lipinski definition) is 6. The van der Waals surface area contributed by atoms with Gasteiger partial charge in [0.25, 0.3) is 0 Å². The Hall–Kier alpha value is -4.78. The molecule has 6 rings (SSSR count). The molecule has 0 unspecified atom stereocenters. The van der Waals surface area contributed by atoms with Gasteiger partial charge < -0.3 is 10.6 Å². The van der Waals surface area contributed by atoms with E-state index in [2.05, 4.69) is 62.1 Å². The third-order valence-electron chi connectivity index (χ3n) is 8.16. The molecule has 3 N–H and O–H groups in total. The molecule has 2 aliphatic rings. The molecule has 7 nitrogen and oxygen atoms in total. The number of anilines is 2. The zero-order valence-electron chi connectivity index (χ0n) is 24.2. The Balaban J connectivity index is 1.24. The molecular formula is C35H37N7. The van der Waals surface area contributed by atoms with Gasteiger partial charge in [0.1, 0.15) is 5.69 Å². The van der Waals surface area contributed by atoms with Crippen molar-refractivity contribution in [3.05, 3.63) is 108 Å². The molecule has 4 aromatic rings. The lowest BCUT2D eigenvalue weighted by Crippen LogP contribution is -2.26. The molecule has 1 aliphatic carbocycles. The van der Waals surface area contributed by atoms with Crippen molar-refractivity contribution >= 4 is 34.8 Å². The molecule has 1 aliphatic heterocycles. The van der Waals surface area contributed by atoms with Crippen LogP contribution in [0.15, 0.2) is 80.2 Å². The normalized spacial score (nSPS) is 16.0. The van der Waals surface area contributed by atoms with Crippen molar-refractivity contribution in [3.63, 3.8) is 0 Å². The van der Waals surface area contributed by atoms with E-state index in [1.54, 1.807) is 6.20 Å². The van der Waals surface area contributed by atoms with Gasteiger partial charge in [0.15, 0.2) is 0 Å². The molecule has 212 valence electrons. The van der Waals surface area contributed by atoms with Gasteiger partial charge in [-0.15, -0.1) is 0 Å². The number of rotatable bonds is 8. The fraction of sp³-hybridized carbons (Fsp3) is 0.257. The molecule has 0 bridgehead atoms. The summed E-state index contributed by atoms with van der Waals surface area (Å²) in [5.74, 6) is 0.731. The Morgan fingerprint density at radius 2 is 1.93 bits per heavy atom. The number of allylic oxidation sites excluding steroid dienone is 3. The maximum Gasteiger partial charge on any atom is 0.116 e. The van der Waals surface area contributed by atoms with Crippen molar-refractivity contribution in [1.82, 2.24) is 25.1 Å². The third-order valence-corrected chi connectivity index (χ3v) is 8.16. The first-order valence-electron chi connectivity index (χ1n) is 14.8. The second-order valence-corrected chi connectivity index (χ2v) is 11.1. The van der Waals surface area contributed by atoms with E-state index in [4.69, 9.17) is 5.10 Å². The lowest BCUT2D eigenvalue weighted by molar-refractivity contribution is 0.357. The standard InChI is InChI=1S/C35H37N7/c1-4-31-30(17-23(2)27-19-28(22-37-21-27)39-24(3)18-25-9-6-5-7-10-25)35(42-41-31)33-13-12-29-32(40-33)14-16-38-34(29)26-11-8-15-36-20-26/h4,8,11,13-17,19-22,25,39-41H,2-3,5-7,9-10,12,18H2,1H3/b30-17+,31-4+. The first kappa shape index (κ1) is 27.4. The third kappa shape index (κ3) is 5.96. The van der Waals surface area contributed by atoms with Crippen molar-refractivity contribution in [2.75, 3.05) is 10.6 Å². The minimum absolute atomic E-state index is 0.731. The fourth-order valence-electron chi connectivity index (χ4n) is 6.00. The van der Waals surface area contributed by atoms with Crippen LogP contribution in [0, 0.1) is 5.92 Å². The summed E-state index contributed by atoms with van der Waals surface area (Å²) in [5.41, 5.74) is 9.68. The monoisotopic (exact) mass is 555 g/mol. The van der Waals surface area contributed by atoms with Crippen LogP contribution in [-0.2, 0) is 6.42 Å². The average molecular weight is 556 g/mol. The number of nitrogens with one attached hydrogen (secondary N) is 3. The van der Waals surface area contributed by atoms with E-state index in [-0.39, 0.29) is 0 Å². The predicted molar refractivity (Wildman–Crippen MR) is 172 cm³/mol. The highest BCUT2D eigenvalue weighted by Gasteiger charge is 2.19. The van der Waals surface area contributed by atoms with Gasteiger partial charge in [-0.1, -0.05) is 57.4 Å². The quantitative estimate of drug-likeness (QED) is 0.231. The number of pyridine rings is 3. The molecule has 5 heterocycles. The van der Waals surface area contributed by atoms with E-state index in [9.17, 15) is 0 Å². The number of aromatic amines is 1. The Kier molecular flexibility index (Phi) is 8.08. The van der Waals surface area contributed by atoms with Crippen LogP contribution in [0.25, 0.3) is 34.7 Å². The van der Waals surface area contributed by atoms with E-state index < -0.39 is 0 Å². The molecule has 0 saturated heterocycles. The predicted octanol–water partition coefficient (Wildman–Crippen LogP) is 6.46. The summed E-state index contributed by atoms with van der Waals surface area (Å²) in [5, 5.41) is 16.9. The highest BCUT2D eigenvalue weighted by atomic mass is 15.1. The zero-order valence-corrected chi connectivity index (χ0v) is 24.2. The minimum atomic E-state index is 0.731. The van der Waals surface area contributed by atoms with Crippen LogP contribution in [0.4, 0.5) is 11.4 Å². The highest BCUT2D eigenvalue weighted by Crippen LogP contribution is 2.33. The lowest BCUT2D eigenvalue weighted by atomic mass is 9.86. The lowest BCUT2D eigenvalue weighted by Gasteiger charge is -2.23. The average Bonchev–Trinajstić information content (AvgIpc) is 3.43. The van der Waals surface area contributed by atoms with Crippen LogP contribution < -0.4 is 21.2 Å². The molecule has 42 heavy (non-hydrogen) atoms. The van der Waals surface area contributed by atoms with Crippen molar-refractivity contribution < 1.29 is 0 Å². The fourth-order valence-corrected chi connectivity index (χ4v) is 6.00. The maximum atomic E-state index is 4.70. The molecule has 0 spiro atoms.